The Kier molecular flexibility index (Phi) is 5.19. The number of nitrogens with zero attached hydrogens (tertiary/aromatic N) is 1. The maximum absolute atomic E-state index is 6.64. The monoisotopic (exact) mass is 439 g/mol. The van der Waals surface area contributed by atoms with Crippen molar-refractivity contribution in [2.24, 2.45) is 0 Å². The molecule has 4 aromatic rings. The van der Waals surface area contributed by atoms with Crippen molar-refractivity contribution in [3.05, 3.63) is 106 Å². The van der Waals surface area contributed by atoms with Crippen molar-refractivity contribution in [3.8, 4) is 16.9 Å². The summed E-state index contributed by atoms with van der Waals surface area (Å²) in [6.45, 7) is 6.41. The Morgan fingerprint density at radius 2 is 1.41 bits per heavy atom. The van der Waals surface area contributed by atoms with Gasteiger partial charge in [-0.25, -0.2) is 0 Å². The SMILES string of the molecule is COc1ccc(N(c2ccc(C)c(C)c2)c2ccc3c(c2)Cc2cc(C)cc(Cl)c2-3)cc1. The first-order valence-corrected chi connectivity index (χ1v) is 11.3. The lowest BCUT2D eigenvalue weighted by molar-refractivity contribution is 0.415. The fourth-order valence-corrected chi connectivity index (χ4v) is 5.01. The van der Waals surface area contributed by atoms with Crippen LogP contribution in [0.25, 0.3) is 11.1 Å². The van der Waals surface area contributed by atoms with Gasteiger partial charge < -0.3 is 9.64 Å². The highest BCUT2D eigenvalue weighted by molar-refractivity contribution is 6.33. The molecule has 0 aromatic heterocycles. The Labute approximate surface area is 195 Å². The van der Waals surface area contributed by atoms with Gasteiger partial charge in [0.2, 0.25) is 0 Å². The molecule has 0 fully saturated rings. The third kappa shape index (κ3) is 3.55. The molecule has 0 heterocycles. The number of methoxy groups -OCH3 is 1. The number of hydrogen-bond acceptors (Lipinski definition) is 2. The standard InChI is InChI=1S/C29H26ClNO/c1-18-13-22-16-21-17-25(9-12-27(21)29(22)28(30)14-18)31(23-7-10-26(32-4)11-8-23)24-6-5-19(2)20(3)15-24/h5-15,17H,16H2,1-4H3. The van der Waals surface area contributed by atoms with Gasteiger partial charge in [0, 0.05) is 27.6 Å². The first kappa shape index (κ1) is 20.7. The highest BCUT2D eigenvalue weighted by atomic mass is 35.5. The zero-order chi connectivity index (χ0) is 22.4. The van der Waals surface area contributed by atoms with Gasteiger partial charge in [-0.05, 0) is 115 Å². The first-order valence-electron chi connectivity index (χ1n) is 10.9. The van der Waals surface area contributed by atoms with Crippen molar-refractivity contribution in [1.82, 2.24) is 0 Å². The van der Waals surface area contributed by atoms with E-state index in [9.17, 15) is 0 Å². The summed E-state index contributed by atoms with van der Waals surface area (Å²) in [4.78, 5) is 2.31. The van der Waals surface area contributed by atoms with Crippen LogP contribution >= 0.6 is 11.6 Å². The molecule has 3 heteroatoms. The molecule has 160 valence electrons. The number of aryl methyl sites for hydroxylation is 3. The molecule has 0 saturated carbocycles. The molecular formula is C29H26ClNO. The van der Waals surface area contributed by atoms with Crippen molar-refractivity contribution in [2.75, 3.05) is 12.0 Å². The van der Waals surface area contributed by atoms with Crippen molar-refractivity contribution >= 4 is 28.7 Å². The van der Waals surface area contributed by atoms with Crippen LogP contribution in [-0.2, 0) is 6.42 Å². The third-order valence-electron chi connectivity index (χ3n) is 6.39. The smallest absolute Gasteiger partial charge is 0.119 e. The van der Waals surface area contributed by atoms with E-state index < -0.39 is 0 Å². The van der Waals surface area contributed by atoms with Crippen LogP contribution < -0.4 is 9.64 Å². The average Bonchev–Trinajstić information content (AvgIpc) is 3.14. The van der Waals surface area contributed by atoms with E-state index >= 15 is 0 Å². The van der Waals surface area contributed by atoms with Crippen molar-refractivity contribution in [1.29, 1.82) is 0 Å². The van der Waals surface area contributed by atoms with Gasteiger partial charge in [0.1, 0.15) is 5.75 Å². The van der Waals surface area contributed by atoms with Crippen LogP contribution in [0, 0.1) is 20.8 Å². The quantitative estimate of drug-likeness (QED) is 0.279. The fraction of sp³-hybridized carbons (Fsp3) is 0.172. The predicted octanol–water partition coefficient (Wildman–Crippen LogP) is 8.31. The second kappa shape index (κ2) is 8.03. The molecule has 0 bridgehead atoms. The van der Waals surface area contributed by atoms with Gasteiger partial charge in [0.25, 0.3) is 0 Å². The Balaban J connectivity index is 1.64. The van der Waals surface area contributed by atoms with E-state index in [1.165, 1.54) is 38.9 Å². The minimum Gasteiger partial charge on any atom is -0.497 e. The van der Waals surface area contributed by atoms with E-state index in [4.69, 9.17) is 16.3 Å². The third-order valence-corrected chi connectivity index (χ3v) is 6.69. The Morgan fingerprint density at radius 3 is 2.12 bits per heavy atom. The van der Waals surface area contributed by atoms with Gasteiger partial charge in [0.05, 0.1) is 7.11 Å². The Morgan fingerprint density at radius 1 is 0.719 bits per heavy atom. The van der Waals surface area contributed by atoms with E-state index in [1.807, 2.05) is 12.1 Å². The zero-order valence-corrected chi connectivity index (χ0v) is 19.6. The van der Waals surface area contributed by atoms with Gasteiger partial charge in [-0.3, -0.25) is 0 Å². The van der Waals surface area contributed by atoms with Crippen LogP contribution in [0.15, 0.2) is 72.8 Å². The summed E-state index contributed by atoms with van der Waals surface area (Å²) in [5.41, 5.74) is 12.2. The molecule has 0 N–H and O–H groups in total. The fourth-order valence-electron chi connectivity index (χ4n) is 4.61. The van der Waals surface area contributed by atoms with Gasteiger partial charge in [0.15, 0.2) is 0 Å². The maximum atomic E-state index is 6.64. The number of anilines is 3. The van der Waals surface area contributed by atoms with E-state index in [2.05, 4.69) is 86.3 Å². The predicted molar refractivity (Wildman–Crippen MR) is 135 cm³/mol. The summed E-state index contributed by atoms with van der Waals surface area (Å²) in [7, 11) is 1.70. The number of hydrogen-bond donors (Lipinski definition) is 0. The minimum absolute atomic E-state index is 0.840. The van der Waals surface area contributed by atoms with E-state index in [-0.39, 0.29) is 0 Å². The largest absolute Gasteiger partial charge is 0.497 e. The molecule has 32 heavy (non-hydrogen) atoms. The summed E-state index contributed by atoms with van der Waals surface area (Å²) in [5, 5.41) is 0.840. The topological polar surface area (TPSA) is 12.5 Å². The van der Waals surface area contributed by atoms with Gasteiger partial charge in [-0.2, -0.15) is 0 Å². The summed E-state index contributed by atoms with van der Waals surface area (Å²) in [6, 6.07) is 25.9. The summed E-state index contributed by atoms with van der Waals surface area (Å²) >= 11 is 6.64. The van der Waals surface area contributed by atoms with Crippen molar-refractivity contribution in [2.45, 2.75) is 27.2 Å². The number of halogens is 1. The van der Waals surface area contributed by atoms with E-state index in [1.54, 1.807) is 7.11 Å². The minimum atomic E-state index is 0.840. The number of rotatable bonds is 4. The van der Waals surface area contributed by atoms with Crippen LogP contribution in [0.2, 0.25) is 5.02 Å². The maximum Gasteiger partial charge on any atom is 0.119 e. The zero-order valence-electron chi connectivity index (χ0n) is 18.9. The Bertz CT molecular complexity index is 1320. The molecule has 0 amide bonds. The summed E-state index contributed by atoms with van der Waals surface area (Å²) < 4.78 is 5.38. The molecular weight excluding hydrogens is 414 g/mol. The molecule has 0 spiro atoms. The van der Waals surface area contributed by atoms with Crippen LogP contribution in [0.4, 0.5) is 17.1 Å². The second-order valence-corrected chi connectivity index (χ2v) is 9.01. The molecule has 0 atom stereocenters. The van der Waals surface area contributed by atoms with E-state index in [0.717, 1.165) is 34.3 Å². The normalized spacial score (nSPS) is 11.8. The van der Waals surface area contributed by atoms with Gasteiger partial charge >= 0.3 is 0 Å². The van der Waals surface area contributed by atoms with Gasteiger partial charge in [-0.15, -0.1) is 0 Å². The van der Waals surface area contributed by atoms with E-state index in [0.29, 0.717) is 0 Å². The Hall–Kier alpha value is -3.23. The van der Waals surface area contributed by atoms with Crippen LogP contribution in [0.1, 0.15) is 27.8 Å². The van der Waals surface area contributed by atoms with Crippen LogP contribution in [0.5, 0.6) is 5.75 Å². The molecule has 1 aliphatic carbocycles. The molecule has 0 unspecified atom stereocenters. The highest BCUT2D eigenvalue weighted by Crippen LogP contribution is 2.45. The molecule has 5 rings (SSSR count). The first-order chi connectivity index (χ1) is 15.4. The second-order valence-electron chi connectivity index (χ2n) is 8.60. The lowest BCUT2D eigenvalue weighted by Crippen LogP contribution is -2.10. The number of ether oxygens (including phenoxy) is 1. The molecule has 1 aliphatic rings. The molecule has 4 aromatic carbocycles. The van der Waals surface area contributed by atoms with Crippen LogP contribution in [-0.4, -0.2) is 7.11 Å². The molecule has 2 nitrogen and oxygen atoms in total. The number of benzene rings is 4. The average molecular weight is 440 g/mol. The van der Waals surface area contributed by atoms with Crippen molar-refractivity contribution < 1.29 is 4.74 Å². The molecule has 0 saturated heterocycles. The van der Waals surface area contributed by atoms with Crippen LogP contribution in [0.3, 0.4) is 0 Å². The lowest BCUT2D eigenvalue weighted by Gasteiger charge is -2.27. The molecule has 0 aliphatic heterocycles. The summed E-state index contributed by atoms with van der Waals surface area (Å²) in [6.07, 6.45) is 0.906. The summed E-state index contributed by atoms with van der Waals surface area (Å²) in [5.74, 6) is 0.850. The number of fused-ring (bicyclic) bond motifs is 3. The lowest BCUT2D eigenvalue weighted by atomic mass is 10.0. The highest BCUT2D eigenvalue weighted by Gasteiger charge is 2.23. The molecule has 0 radical (unpaired) electrons. The van der Waals surface area contributed by atoms with Gasteiger partial charge in [-0.1, -0.05) is 29.8 Å². The van der Waals surface area contributed by atoms with Crippen molar-refractivity contribution in [3.63, 3.8) is 0 Å².